The van der Waals surface area contributed by atoms with Crippen LogP contribution in [0.1, 0.15) is 16.7 Å². The summed E-state index contributed by atoms with van der Waals surface area (Å²) in [5.41, 5.74) is 9.40. The maximum absolute atomic E-state index is 5.59. The summed E-state index contributed by atoms with van der Waals surface area (Å²) in [4.78, 5) is 3.05. The molecule has 0 amide bonds. The molecular weight excluding hydrogens is 172 g/mol. The van der Waals surface area contributed by atoms with Gasteiger partial charge in [-0.25, -0.2) is 0 Å². The molecule has 1 heterocycles. The highest BCUT2D eigenvalue weighted by Crippen LogP contribution is 2.10. The van der Waals surface area contributed by atoms with Gasteiger partial charge >= 0.3 is 0 Å². The molecule has 0 aliphatic rings. The van der Waals surface area contributed by atoms with E-state index in [0.717, 1.165) is 6.42 Å². The molecular formula is C12H14N2. The first-order valence-electron chi connectivity index (χ1n) is 4.78. The van der Waals surface area contributed by atoms with Gasteiger partial charge in [0.15, 0.2) is 0 Å². The fourth-order valence-corrected chi connectivity index (χ4v) is 1.57. The third-order valence-electron chi connectivity index (χ3n) is 2.30. The van der Waals surface area contributed by atoms with E-state index in [1.54, 1.807) is 0 Å². The molecule has 2 nitrogen and oxygen atoms in total. The molecule has 0 radical (unpaired) electrons. The lowest BCUT2D eigenvalue weighted by atomic mass is 10.1. The molecule has 0 saturated carbocycles. The summed E-state index contributed by atoms with van der Waals surface area (Å²) in [6, 6.07) is 10.5. The van der Waals surface area contributed by atoms with Crippen molar-refractivity contribution in [1.29, 1.82) is 0 Å². The smallest absolute Gasteiger partial charge is 0.0178 e. The number of hydrogen-bond acceptors (Lipinski definition) is 1. The number of rotatable bonds is 3. The number of benzene rings is 1. The van der Waals surface area contributed by atoms with Crippen LogP contribution in [0, 0.1) is 0 Å². The topological polar surface area (TPSA) is 41.8 Å². The number of hydrogen-bond donors (Lipinski definition) is 2. The lowest BCUT2D eigenvalue weighted by Gasteiger charge is -2.01. The monoisotopic (exact) mass is 186 g/mol. The highest BCUT2D eigenvalue weighted by molar-refractivity contribution is 5.28. The van der Waals surface area contributed by atoms with Crippen molar-refractivity contribution in [3.05, 3.63) is 59.4 Å². The van der Waals surface area contributed by atoms with Crippen LogP contribution < -0.4 is 5.73 Å². The number of aromatic nitrogens is 1. The molecule has 3 N–H and O–H groups in total. The van der Waals surface area contributed by atoms with Gasteiger partial charge in [-0.05, 0) is 29.2 Å². The summed E-state index contributed by atoms with van der Waals surface area (Å²) in [5.74, 6) is 0. The van der Waals surface area contributed by atoms with E-state index >= 15 is 0 Å². The molecule has 2 heteroatoms. The van der Waals surface area contributed by atoms with Crippen molar-refractivity contribution < 1.29 is 0 Å². The van der Waals surface area contributed by atoms with Crippen molar-refractivity contribution in [1.82, 2.24) is 4.98 Å². The van der Waals surface area contributed by atoms with Gasteiger partial charge in [0.05, 0.1) is 0 Å². The number of nitrogens with one attached hydrogen (secondary N) is 1. The SMILES string of the molecule is NCc1cccc(Cc2cc[nH]c2)c1. The van der Waals surface area contributed by atoms with E-state index in [9.17, 15) is 0 Å². The standard InChI is InChI=1S/C12H14N2/c13-8-11-3-1-2-10(6-11)7-12-4-5-14-9-12/h1-6,9,14H,7-8,13H2. The van der Waals surface area contributed by atoms with Crippen molar-refractivity contribution >= 4 is 0 Å². The highest BCUT2D eigenvalue weighted by Gasteiger charge is 1.97. The average molecular weight is 186 g/mol. The zero-order chi connectivity index (χ0) is 9.80. The zero-order valence-corrected chi connectivity index (χ0v) is 8.03. The van der Waals surface area contributed by atoms with Gasteiger partial charge < -0.3 is 10.7 Å². The molecule has 0 saturated heterocycles. The summed E-state index contributed by atoms with van der Waals surface area (Å²) in [6.45, 7) is 0.612. The van der Waals surface area contributed by atoms with Crippen LogP contribution in [0.5, 0.6) is 0 Å². The minimum atomic E-state index is 0.612. The Labute approximate surface area is 83.8 Å². The molecule has 2 rings (SSSR count). The van der Waals surface area contributed by atoms with Crippen LogP contribution in [0.4, 0.5) is 0 Å². The van der Waals surface area contributed by atoms with Crippen LogP contribution in [0.25, 0.3) is 0 Å². The van der Waals surface area contributed by atoms with Crippen LogP contribution in [-0.2, 0) is 13.0 Å². The predicted octanol–water partition coefficient (Wildman–Crippen LogP) is 2.06. The summed E-state index contributed by atoms with van der Waals surface area (Å²) in [7, 11) is 0. The Morgan fingerprint density at radius 3 is 2.64 bits per heavy atom. The lowest BCUT2D eigenvalue weighted by molar-refractivity contribution is 1.06. The van der Waals surface area contributed by atoms with Crippen LogP contribution >= 0.6 is 0 Å². The molecule has 0 unspecified atom stereocenters. The van der Waals surface area contributed by atoms with Gasteiger partial charge in [0, 0.05) is 18.9 Å². The molecule has 1 aromatic heterocycles. The second-order valence-corrected chi connectivity index (χ2v) is 3.42. The van der Waals surface area contributed by atoms with E-state index < -0.39 is 0 Å². The van der Waals surface area contributed by atoms with E-state index in [4.69, 9.17) is 5.73 Å². The minimum Gasteiger partial charge on any atom is -0.367 e. The summed E-state index contributed by atoms with van der Waals surface area (Å²) in [6.07, 6.45) is 4.94. The zero-order valence-electron chi connectivity index (χ0n) is 8.03. The molecule has 0 aliphatic heterocycles. The summed E-state index contributed by atoms with van der Waals surface area (Å²) >= 11 is 0. The first-order valence-corrected chi connectivity index (χ1v) is 4.78. The molecule has 0 bridgehead atoms. The maximum Gasteiger partial charge on any atom is 0.0178 e. The number of aromatic amines is 1. The van der Waals surface area contributed by atoms with Crippen molar-refractivity contribution in [2.45, 2.75) is 13.0 Å². The van der Waals surface area contributed by atoms with Crippen LogP contribution in [0.15, 0.2) is 42.7 Å². The Hall–Kier alpha value is -1.54. The van der Waals surface area contributed by atoms with Crippen molar-refractivity contribution in [3.8, 4) is 0 Å². The Morgan fingerprint density at radius 2 is 1.93 bits per heavy atom. The Morgan fingerprint density at radius 1 is 1.07 bits per heavy atom. The third-order valence-corrected chi connectivity index (χ3v) is 2.30. The van der Waals surface area contributed by atoms with Crippen molar-refractivity contribution in [2.24, 2.45) is 5.73 Å². The number of H-pyrrole nitrogens is 1. The second-order valence-electron chi connectivity index (χ2n) is 3.42. The largest absolute Gasteiger partial charge is 0.367 e. The minimum absolute atomic E-state index is 0.612. The molecule has 0 spiro atoms. The molecule has 72 valence electrons. The van der Waals surface area contributed by atoms with E-state index in [1.807, 2.05) is 12.4 Å². The van der Waals surface area contributed by atoms with E-state index in [0.29, 0.717) is 6.54 Å². The van der Waals surface area contributed by atoms with Gasteiger partial charge in [0.1, 0.15) is 0 Å². The second kappa shape index (κ2) is 4.11. The molecule has 0 fully saturated rings. The van der Waals surface area contributed by atoms with Gasteiger partial charge in [0.25, 0.3) is 0 Å². The first-order chi connectivity index (χ1) is 6.88. The molecule has 0 aliphatic carbocycles. The molecule has 14 heavy (non-hydrogen) atoms. The van der Waals surface area contributed by atoms with E-state index in [-0.39, 0.29) is 0 Å². The van der Waals surface area contributed by atoms with Crippen LogP contribution in [-0.4, -0.2) is 4.98 Å². The lowest BCUT2D eigenvalue weighted by Crippen LogP contribution is -1.97. The predicted molar refractivity (Wildman–Crippen MR) is 57.9 cm³/mol. The first kappa shape index (κ1) is 9.03. The molecule has 0 atom stereocenters. The molecule has 2 aromatic rings. The third kappa shape index (κ3) is 2.03. The van der Waals surface area contributed by atoms with Crippen LogP contribution in [0.2, 0.25) is 0 Å². The summed E-state index contributed by atoms with van der Waals surface area (Å²) < 4.78 is 0. The van der Waals surface area contributed by atoms with Crippen molar-refractivity contribution in [2.75, 3.05) is 0 Å². The van der Waals surface area contributed by atoms with Crippen LogP contribution in [0.3, 0.4) is 0 Å². The fourth-order valence-electron chi connectivity index (χ4n) is 1.57. The highest BCUT2D eigenvalue weighted by atomic mass is 14.6. The van der Waals surface area contributed by atoms with Gasteiger partial charge in [0.2, 0.25) is 0 Å². The Balaban J connectivity index is 2.17. The maximum atomic E-state index is 5.59. The fraction of sp³-hybridized carbons (Fsp3) is 0.167. The van der Waals surface area contributed by atoms with E-state index in [1.165, 1.54) is 16.7 Å². The normalized spacial score (nSPS) is 10.4. The quantitative estimate of drug-likeness (QED) is 0.757. The van der Waals surface area contributed by atoms with Crippen molar-refractivity contribution in [3.63, 3.8) is 0 Å². The Kier molecular flexibility index (Phi) is 2.65. The van der Waals surface area contributed by atoms with Gasteiger partial charge in [-0.3, -0.25) is 0 Å². The van der Waals surface area contributed by atoms with Gasteiger partial charge in [-0.15, -0.1) is 0 Å². The van der Waals surface area contributed by atoms with E-state index in [2.05, 4.69) is 35.3 Å². The molecule has 1 aromatic carbocycles. The Bertz CT molecular complexity index is 390. The van der Waals surface area contributed by atoms with Gasteiger partial charge in [-0.1, -0.05) is 24.3 Å². The average Bonchev–Trinajstić information content (AvgIpc) is 2.71. The van der Waals surface area contributed by atoms with Gasteiger partial charge in [-0.2, -0.15) is 0 Å². The number of nitrogens with two attached hydrogens (primary N) is 1. The summed E-state index contributed by atoms with van der Waals surface area (Å²) in [5, 5.41) is 0.